The van der Waals surface area contributed by atoms with E-state index < -0.39 is 0 Å². The van der Waals surface area contributed by atoms with Crippen LogP contribution in [0.1, 0.15) is 0 Å². The van der Waals surface area contributed by atoms with Crippen molar-refractivity contribution in [2.24, 2.45) is 0 Å². The van der Waals surface area contributed by atoms with E-state index in [1.54, 1.807) is 0 Å². The van der Waals surface area contributed by atoms with Gasteiger partial charge >= 0.3 is 0 Å². The number of aromatic nitrogens is 4. The molecule has 0 fully saturated rings. The Bertz CT molecular complexity index is 3740. The minimum atomic E-state index is 0.711. The summed E-state index contributed by atoms with van der Waals surface area (Å²) < 4.78 is 5.01. The first kappa shape index (κ1) is 28.3. The van der Waals surface area contributed by atoms with Gasteiger partial charge in [-0.2, -0.15) is 0 Å². The second-order valence-corrected chi connectivity index (χ2v) is 14.5. The summed E-state index contributed by atoms with van der Waals surface area (Å²) >= 11 is 0. The summed E-state index contributed by atoms with van der Waals surface area (Å²) in [4.78, 5) is 10.7. The number of para-hydroxylation sites is 3. The topological polar surface area (TPSA) is 35.1 Å². The van der Waals surface area contributed by atoms with Crippen LogP contribution in [0.2, 0.25) is 0 Å². The highest BCUT2D eigenvalue weighted by molar-refractivity contribution is 6.40. The Hall–Kier alpha value is -7.30. The molecule has 9 aromatic carbocycles. The van der Waals surface area contributed by atoms with Gasteiger partial charge in [-0.1, -0.05) is 146 Å². The zero-order valence-electron chi connectivity index (χ0n) is 29.0. The predicted molar refractivity (Wildman–Crippen MR) is 226 cm³/mol. The first-order valence-corrected chi connectivity index (χ1v) is 18.5. The SMILES string of the molecule is c1ccc2cc(-c3nc(-n4c5ccccc5c5c4c4ccccc4c4c6cccc7c8ccc9ccccc9c8n(c76)c45)c4ccccc4n3)ccc2c1. The second kappa shape index (κ2) is 10.2. The molecule has 0 amide bonds. The molecule has 0 atom stereocenters. The van der Waals surface area contributed by atoms with Crippen LogP contribution in [0.25, 0.3) is 120 Å². The molecule has 13 rings (SSSR count). The van der Waals surface area contributed by atoms with Crippen molar-refractivity contribution in [3.05, 3.63) is 170 Å². The first-order chi connectivity index (χ1) is 26.8. The van der Waals surface area contributed by atoms with Gasteiger partial charge < -0.3 is 4.40 Å². The molecule has 248 valence electrons. The van der Waals surface area contributed by atoms with Gasteiger partial charge in [-0.3, -0.25) is 4.57 Å². The lowest BCUT2D eigenvalue weighted by molar-refractivity contribution is 1.08. The number of fused-ring (bicyclic) bond motifs is 17. The first-order valence-electron chi connectivity index (χ1n) is 18.5. The van der Waals surface area contributed by atoms with Crippen LogP contribution in [0, 0.1) is 0 Å². The van der Waals surface area contributed by atoms with Crippen molar-refractivity contribution in [1.29, 1.82) is 0 Å². The van der Waals surface area contributed by atoms with Gasteiger partial charge in [0.2, 0.25) is 0 Å². The van der Waals surface area contributed by atoms with Crippen LogP contribution < -0.4 is 0 Å². The number of rotatable bonds is 2. The van der Waals surface area contributed by atoms with Crippen LogP contribution in [-0.2, 0) is 0 Å². The standard InChI is InChI=1S/C50H28N4/c1-2-14-31-28-32(25-24-29(31)12-1)49-51-41-22-9-7-18-38(41)50(52-49)53-42-23-10-8-19-39(42)44-47(53)35-17-6-5-16-34(35)43-40-21-11-20-36-37-27-26-30-13-3-4-15-33(30)45(37)54(46(36)40)48(43)44/h1-28H. The quantitative estimate of drug-likeness (QED) is 0.182. The van der Waals surface area contributed by atoms with Crippen LogP contribution in [-0.4, -0.2) is 18.9 Å². The van der Waals surface area contributed by atoms with E-state index in [0.29, 0.717) is 5.82 Å². The fourth-order valence-corrected chi connectivity index (χ4v) is 9.55. The lowest BCUT2D eigenvalue weighted by atomic mass is 9.98. The summed E-state index contributed by atoms with van der Waals surface area (Å²) in [5, 5.41) is 15.9. The maximum Gasteiger partial charge on any atom is 0.162 e. The summed E-state index contributed by atoms with van der Waals surface area (Å²) in [7, 11) is 0. The number of nitrogens with zero attached hydrogens (tertiary/aromatic N) is 4. The van der Waals surface area contributed by atoms with Crippen molar-refractivity contribution < 1.29 is 0 Å². The summed E-state index contributed by atoms with van der Waals surface area (Å²) in [6, 6.07) is 61.5. The number of hydrogen-bond donors (Lipinski definition) is 0. The molecule has 0 aliphatic heterocycles. The Balaban J connectivity index is 1.28. The highest BCUT2D eigenvalue weighted by Gasteiger charge is 2.27. The third kappa shape index (κ3) is 3.52. The van der Waals surface area contributed by atoms with Crippen LogP contribution >= 0.6 is 0 Å². The molecule has 0 saturated carbocycles. The molecule has 4 heterocycles. The summed E-state index contributed by atoms with van der Waals surface area (Å²) in [5.74, 6) is 1.59. The Morgan fingerprint density at radius 1 is 0.352 bits per heavy atom. The minimum Gasteiger partial charge on any atom is -0.307 e. The molecule has 0 N–H and O–H groups in total. The van der Waals surface area contributed by atoms with E-state index in [-0.39, 0.29) is 0 Å². The van der Waals surface area contributed by atoms with Gasteiger partial charge in [0.1, 0.15) is 5.82 Å². The molecular formula is C50H28N4. The third-order valence-corrected chi connectivity index (χ3v) is 11.8. The maximum atomic E-state index is 5.53. The number of benzene rings is 9. The molecule has 0 bridgehead atoms. The molecular weight excluding hydrogens is 657 g/mol. The summed E-state index contributed by atoms with van der Waals surface area (Å²) in [6.45, 7) is 0. The molecule has 0 saturated heterocycles. The van der Waals surface area contributed by atoms with Gasteiger partial charge in [0.15, 0.2) is 5.82 Å². The van der Waals surface area contributed by atoms with E-state index in [2.05, 4.69) is 179 Å². The van der Waals surface area contributed by atoms with Crippen molar-refractivity contribution in [2.45, 2.75) is 0 Å². The fourth-order valence-electron chi connectivity index (χ4n) is 9.55. The van der Waals surface area contributed by atoms with Crippen LogP contribution in [0.5, 0.6) is 0 Å². The van der Waals surface area contributed by atoms with E-state index >= 15 is 0 Å². The van der Waals surface area contributed by atoms with E-state index in [4.69, 9.17) is 9.97 Å². The zero-order valence-corrected chi connectivity index (χ0v) is 29.0. The third-order valence-electron chi connectivity index (χ3n) is 11.8. The van der Waals surface area contributed by atoms with Crippen molar-refractivity contribution in [2.75, 3.05) is 0 Å². The van der Waals surface area contributed by atoms with Gasteiger partial charge in [0.25, 0.3) is 0 Å². The Kier molecular flexibility index (Phi) is 5.34. The van der Waals surface area contributed by atoms with E-state index in [0.717, 1.165) is 33.3 Å². The van der Waals surface area contributed by atoms with Gasteiger partial charge in [-0.05, 0) is 45.8 Å². The monoisotopic (exact) mass is 684 g/mol. The Labute approximate surface area is 308 Å². The van der Waals surface area contributed by atoms with Crippen molar-refractivity contribution in [3.63, 3.8) is 0 Å². The van der Waals surface area contributed by atoms with Crippen LogP contribution in [0.3, 0.4) is 0 Å². The highest BCUT2D eigenvalue weighted by atomic mass is 15.1. The molecule has 0 aliphatic rings. The molecule has 0 aliphatic carbocycles. The van der Waals surface area contributed by atoms with Gasteiger partial charge in [-0.15, -0.1) is 0 Å². The zero-order chi connectivity index (χ0) is 35.1. The van der Waals surface area contributed by atoms with E-state index in [1.807, 2.05) is 0 Å². The smallest absolute Gasteiger partial charge is 0.162 e. The molecule has 0 radical (unpaired) electrons. The van der Waals surface area contributed by atoms with Gasteiger partial charge in [0, 0.05) is 54.0 Å². The second-order valence-electron chi connectivity index (χ2n) is 14.5. The largest absolute Gasteiger partial charge is 0.307 e. The summed E-state index contributed by atoms with van der Waals surface area (Å²) in [5.41, 5.74) is 7.96. The fraction of sp³-hybridized carbons (Fsp3) is 0. The average Bonchev–Trinajstić information content (AvgIpc) is 3.89. The normalized spacial score (nSPS) is 12.4. The minimum absolute atomic E-state index is 0.711. The molecule has 54 heavy (non-hydrogen) atoms. The average molecular weight is 685 g/mol. The van der Waals surface area contributed by atoms with Crippen molar-refractivity contribution in [1.82, 2.24) is 18.9 Å². The molecule has 0 unspecified atom stereocenters. The molecule has 13 aromatic rings. The van der Waals surface area contributed by atoms with E-state index in [9.17, 15) is 0 Å². The van der Waals surface area contributed by atoms with Crippen molar-refractivity contribution in [3.8, 4) is 17.2 Å². The van der Waals surface area contributed by atoms with Crippen LogP contribution in [0.15, 0.2) is 170 Å². The maximum absolute atomic E-state index is 5.53. The van der Waals surface area contributed by atoms with Crippen LogP contribution in [0.4, 0.5) is 0 Å². The van der Waals surface area contributed by atoms with Crippen molar-refractivity contribution >= 4 is 103 Å². The molecule has 4 nitrogen and oxygen atoms in total. The highest BCUT2D eigenvalue weighted by Crippen LogP contribution is 2.49. The molecule has 4 heteroatoms. The Morgan fingerprint density at radius 3 is 1.85 bits per heavy atom. The van der Waals surface area contributed by atoms with Gasteiger partial charge in [-0.25, -0.2) is 9.97 Å². The molecule has 4 aromatic heterocycles. The van der Waals surface area contributed by atoms with E-state index in [1.165, 1.54) is 81.2 Å². The number of hydrogen-bond acceptors (Lipinski definition) is 2. The lowest BCUT2D eigenvalue weighted by Gasteiger charge is -2.14. The summed E-state index contributed by atoms with van der Waals surface area (Å²) in [6.07, 6.45) is 0. The Morgan fingerprint density at radius 2 is 0.963 bits per heavy atom. The molecule has 0 spiro atoms. The van der Waals surface area contributed by atoms with Gasteiger partial charge in [0.05, 0.1) is 33.1 Å². The lowest BCUT2D eigenvalue weighted by Crippen LogP contribution is -2.03. The predicted octanol–water partition coefficient (Wildman–Crippen LogP) is 13.0.